The van der Waals surface area contributed by atoms with Crippen molar-refractivity contribution >= 4 is 33.1 Å². The summed E-state index contributed by atoms with van der Waals surface area (Å²) in [4.78, 5) is 14.6. The molecular formula is C13H12BrN3O3. The van der Waals surface area contributed by atoms with Crippen LogP contribution in [0.5, 0.6) is 5.75 Å². The van der Waals surface area contributed by atoms with E-state index in [1.165, 1.54) is 12.3 Å². The molecule has 0 fully saturated rings. The van der Waals surface area contributed by atoms with Gasteiger partial charge in [0.1, 0.15) is 5.75 Å². The Morgan fingerprint density at radius 1 is 1.45 bits per heavy atom. The lowest BCUT2D eigenvalue weighted by Gasteiger charge is -2.08. The average molecular weight is 338 g/mol. The van der Waals surface area contributed by atoms with E-state index < -0.39 is 4.92 Å². The topological polar surface area (TPSA) is 77.3 Å². The number of nitrogens with zero attached hydrogens (tertiary/aromatic N) is 2. The SMILES string of the molecule is CCOc1cccc(Nc2ncc(Br)cc2[N+](=O)[O-])c1. The maximum absolute atomic E-state index is 11.0. The number of hydrogen-bond acceptors (Lipinski definition) is 5. The van der Waals surface area contributed by atoms with Crippen molar-refractivity contribution in [3.8, 4) is 5.75 Å². The van der Waals surface area contributed by atoms with Crippen LogP contribution in [0.1, 0.15) is 6.92 Å². The molecule has 0 unspecified atom stereocenters. The molecule has 1 N–H and O–H groups in total. The summed E-state index contributed by atoms with van der Waals surface area (Å²) in [6, 6.07) is 8.57. The van der Waals surface area contributed by atoms with E-state index in [-0.39, 0.29) is 11.5 Å². The van der Waals surface area contributed by atoms with Crippen LogP contribution in [0.4, 0.5) is 17.2 Å². The average Bonchev–Trinajstić information content (AvgIpc) is 2.41. The number of nitro groups is 1. The number of nitrogens with one attached hydrogen (secondary N) is 1. The standard InChI is InChI=1S/C13H12BrN3O3/c1-2-20-11-5-3-4-10(7-11)16-13-12(17(18)19)6-9(14)8-15-13/h3-8H,2H2,1H3,(H,15,16). The van der Waals surface area contributed by atoms with Crippen LogP contribution in [-0.4, -0.2) is 16.5 Å². The highest BCUT2D eigenvalue weighted by molar-refractivity contribution is 9.10. The van der Waals surface area contributed by atoms with E-state index in [0.29, 0.717) is 22.5 Å². The Labute approximate surface area is 124 Å². The van der Waals surface area contributed by atoms with E-state index in [2.05, 4.69) is 26.2 Å². The van der Waals surface area contributed by atoms with Gasteiger partial charge in [-0.05, 0) is 35.0 Å². The summed E-state index contributed by atoms with van der Waals surface area (Å²) in [5.74, 6) is 0.879. The lowest BCUT2D eigenvalue weighted by Crippen LogP contribution is -2.00. The second-order valence-corrected chi connectivity index (χ2v) is 4.78. The molecule has 0 spiro atoms. The number of pyridine rings is 1. The number of halogens is 1. The first-order valence-corrected chi connectivity index (χ1v) is 6.69. The third kappa shape index (κ3) is 3.45. The van der Waals surface area contributed by atoms with Crippen molar-refractivity contribution in [2.45, 2.75) is 6.92 Å². The van der Waals surface area contributed by atoms with E-state index >= 15 is 0 Å². The molecule has 0 aliphatic heterocycles. The highest BCUT2D eigenvalue weighted by atomic mass is 79.9. The van der Waals surface area contributed by atoms with Crippen LogP contribution in [0.15, 0.2) is 41.0 Å². The van der Waals surface area contributed by atoms with Crippen LogP contribution in [0.2, 0.25) is 0 Å². The number of benzene rings is 1. The van der Waals surface area contributed by atoms with Crippen molar-refractivity contribution in [1.29, 1.82) is 0 Å². The normalized spacial score (nSPS) is 10.1. The van der Waals surface area contributed by atoms with E-state index in [1.807, 2.05) is 13.0 Å². The van der Waals surface area contributed by atoms with E-state index in [9.17, 15) is 10.1 Å². The van der Waals surface area contributed by atoms with Gasteiger partial charge in [0.05, 0.1) is 11.5 Å². The molecule has 0 aliphatic rings. The molecule has 0 saturated carbocycles. The van der Waals surface area contributed by atoms with Gasteiger partial charge in [0, 0.05) is 28.5 Å². The van der Waals surface area contributed by atoms with Gasteiger partial charge in [-0.2, -0.15) is 0 Å². The van der Waals surface area contributed by atoms with Gasteiger partial charge >= 0.3 is 5.69 Å². The van der Waals surface area contributed by atoms with Crippen LogP contribution in [-0.2, 0) is 0 Å². The van der Waals surface area contributed by atoms with Crippen LogP contribution >= 0.6 is 15.9 Å². The summed E-state index contributed by atoms with van der Waals surface area (Å²) in [5, 5.41) is 13.9. The van der Waals surface area contributed by atoms with Gasteiger partial charge in [-0.1, -0.05) is 6.07 Å². The first-order valence-electron chi connectivity index (χ1n) is 5.90. The van der Waals surface area contributed by atoms with Crippen LogP contribution < -0.4 is 10.1 Å². The van der Waals surface area contributed by atoms with Crippen LogP contribution in [0.3, 0.4) is 0 Å². The number of rotatable bonds is 5. The van der Waals surface area contributed by atoms with Gasteiger partial charge in [0.15, 0.2) is 0 Å². The molecule has 1 aromatic heterocycles. The molecule has 20 heavy (non-hydrogen) atoms. The van der Waals surface area contributed by atoms with Crippen molar-refractivity contribution in [2.75, 3.05) is 11.9 Å². The molecule has 1 aromatic carbocycles. The molecule has 0 saturated heterocycles. The molecule has 0 amide bonds. The number of anilines is 2. The first kappa shape index (κ1) is 14.3. The molecule has 0 atom stereocenters. The molecule has 104 valence electrons. The Hall–Kier alpha value is -2.15. The summed E-state index contributed by atoms with van der Waals surface area (Å²) in [7, 11) is 0. The van der Waals surface area contributed by atoms with Gasteiger partial charge in [-0.3, -0.25) is 10.1 Å². The molecule has 2 rings (SSSR count). The van der Waals surface area contributed by atoms with Gasteiger partial charge < -0.3 is 10.1 Å². The second kappa shape index (κ2) is 6.33. The van der Waals surface area contributed by atoms with Crippen molar-refractivity contribution in [2.24, 2.45) is 0 Å². The van der Waals surface area contributed by atoms with E-state index in [1.54, 1.807) is 18.2 Å². The Kier molecular flexibility index (Phi) is 4.52. The molecular weight excluding hydrogens is 326 g/mol. The largest absolute Gasteiger partial charge is 0.494 e. The molecule has 6 nitrogen and oxygen atoms in total. The van der Waals surface area contributed by atoms with Crippen molar-refractivity contribution < 1.29 is 9.66 Å². The lowest BCUT2D eigenvalue weighted by molar-refractivity contribution is -0.384. The van der Waals surface area contributed by atoms with Gasteiger partial charge in [0.2, 0.25) is 5.82 Å². The lowest BCUT2D eigenvalue weighted by atomic mass is 10.3. The minimum atomic E-state index is -0.480. The Morgan fingerprint density at radius 3 is 2.95 bits per heavy atom. The zero-order chi connectivity index (χ0) is 14.5. The summed E-state index contributed by atoms with van der Waals surface area (Å²) < 4.78 is 5.93. The van der Waals surface area contributed by atoms with Gasteiger partial charge in [0.25, 0.3) is 0 Å². The van der Waals surface area contributed by atoms with Crippen molar-refractivity contribution in [1.82, 2.24) is 4.98 Å². The monoisotopic (exact) mass is 337 g/mol. The fourth-order valence-electron chi connectivity index (χ4n) is 1.63. The van der Waals surface area contributed by atoms with Gasteiger partial charge in [-0.15, -0.1) is 0 Å². The minimum Gasteiger partial charge on any atom is -0.494 e. The van der Waals surface area contributed by atoms with Crippen molar-refractivity contribution in [3.05, 3.63) is 51.1 Å². The molecule has 0 radical (unpaired) electrons. The molecule has 1 heterocycles. The summed E-state index contributed by atoms with van der Waals surface area (Å²) in [6.07, 6.45) is 1.50. The number of hydrogen-bond donors (Lipinski definition) is 1. The molecule has 7 heteroatoms. The fourth-order valence-corrected chi connectivity index (χ4v) is 1.95. The summed E-state index contributed by atoms with van der Waals surface area (Å²) in [5.41, 5.74) is 0.579. The molecule has 2 aromatic rings. The fraction of sp³-hybridized carbons (Fsp3) is 0.154. The van der Waals surface area contributed by atoms with Crippen LogP contribution in [0.25, 0.3) is 0 Å². The molecule has 0 aliphatic carbocycles. The smallest absolute Gasteiger partial charge is 0.312 e. The van der Waals surface area contributed by atoms with Crippen LogP contribution in [0, 0.1) is 10.1 Å². The highest BCUT2D eigenvalue weighted by Gasteiger charge is 2.16. The minimum absolute atomic E-state index is 0.0961. The number of ether oxygens (including phenoxy) is 1. The summed E-state index contributed by atoms with van der Waals surface area (Å²) >= 11 is 3.17. The van der Waals surface area contributed by atoms with Crippen molar-refractivity contribution in [3.63, 3.8) is 0 Å². The predicted molar refractivity (Wildman–Crippen MR) is 79.5 cm³/mol. The first-order chi connectivity index (χ1) is 9.60. The van der Waals surface area contributed by atoms with E-state index in [4.69, 9.17) is 4.74 Å². The third-order valence-electron chi connectivity index (χ3n) is 2.44. The van der Waals surface area contributed by atoms with E-state index in [0.717, 1.165) is 0 Å². The third-order valence-corrected chi connectivity index (χ3v) is 2.87. The maximum Gasteiger partial charge on any atom is 0.312 e. The second-order valence-electron chi connectivity index (χ2n) is 3.86. The highest BCUT2D eigenvalue weighted by Crippen LogP contribution is 2.29. The van der Waals surface area contributed by atoms with Gasteiger partial charge in [-0.25, -0.2) is 4.98 Å². The molecule has 0 bridgehead atoms. The predicted octanol–water partition coefficient (Wildman–Crippen LogP) is 3.89. The Balaban J connectivity index is 2.30. The zero-order valence-electron chi connectivity index (χ0n) is 10.7. The quantitative estimate of drug-likeness (QED) is 0.661. The summed E-state index contributed by atoms with van der Waals surface area (Å²) in [6.45, 7) is 2.45. The Bertz CT molecular complexity index is 634. The maximum atomic E-state index is 11.0. The zero-order valence-corrected chi connectivity index (χ0v) is 12.3. The number of aromatic nitrogens is 1. The Morgan fingerprint density at radius 2 is 2.25 bits per heavy atom.